The molecule has 0 rings (SSSR count). The van der Waals surface area contributed by atoms with Crippen LogP contribution < -0.4 is 0 Å². The third-order valence-corrected chi connectivity index (χ3v) is 0.996. The van der Waals surface area contributed by atoms with Crippen molar-refractivity contribution in [3.8, 4) is 6.07 Å². The van der Waals surface area contributed by atoms with Crippen LogP contribution >= 0.6 is 0 Å². The quantitative estimate of drug-likeness (QED) is 0.553. The summed E-state index contributed by atoms with van der Waals surface area (Å²) in [6.45, 7) is 3.84. The fourth-order valence-electron chi connectivity index (χ4n) is 0.380. The van der Waals surface area contributed by atoms with Gasteiger partial charge in [0.25, 0.3) is 0 Å². The highest BCUT2D eigenvalue weighted by Crippen LogP contribution is 1.95. The SMILES string of the molecule is CCCOC(=O)C(C)C#N. The van der Waals surface area contributed by atoms with Gasteiger partial charge in [-0.25, -0.2) is 0 Å². The Hall–Kier alpha value is -1.04. The molecule has 0 aliphatic rings. The summed E-state index contributed by atoms with van der Waals surface area (Å²) in [6.07, 6.45) is 0.796. The largest absolute Gasteiger partial charge is 0.465 e. The minimum Gasteiger partial charge on any atom is -0.465 e. The Bertz CT molecular complexity index is 148. The molecule has 0 aliphatic carbocycles. The van der Waals surface area contributed by atoms with E-state index in [9.17, 15) is 4.79 Å². The standard InChI is InChI=1S/C7H11NO2/c1-3-4-10-7(9)6(2)5-8/h6H,3-4H2,1-2H3. The van der Waals surface area contributed by atoms with Crippen LogP contribution in [0.15, 0.2) is 0 Å². The smallest absolute Gasteiger partial charge is 0.323 e. The molecule has 0 aromatic carbocycles. The molecule has 0 saturated heterocycles. The van der Waals surface area contributed by atoms with Gasteiger partial charge in [-0.1, -0.05) is 6.92 Å². The lowest BCUT2D eigenvalue weighted by atomic mass is 10.2. The Morgan fingerprint density at radius 1 is 1.80 bits per heavy atom. The fraction of sp³-hybridized carbons (Fsp3) is 0.714. The summed E-state index contributed by atoms with van der Waals surface area (Å²) in [5.74, 6) is -1.06. The summed E-state index contributed by atoms with van der Waals surface area (Å²) >= 11 is 0. The Labute approximate surface area is 60.6 Å². The van der Waals surface area contributed by atoms with Crippen molar-refractivity contribution in [2.75, 3.05) is 6.61 Å². The van der Waals surface area contributed by atoms with Crippen LogP contribution in [-0.2, 0) is 9.53 Å². The fourth-order valence-corrected chi connectivity index (χ4v) is 0.380. The molecule has 0 aliphatic heterocycles. The minimum absolute atomic E-state index is 0.408. The molecule has 10 heavy (non-hydrogen) atoms. The van der Waals surface area contributed by atoms with Crippen molar-refractivity contribution in [3.05, 3.63) is 0 Å². The first-order valence-corrected chi connectivity index (χ1v) is 3.28. The molecule has 0 bridgehead atoms. The molecule has 3 heteroatoms. The maximum Gasteiger partial charge on any atom is 0.323 e. The molecule has 0 amide bonds. The van der Waals surface area contributed by atoms with Crippen molar-refractivity contribution in [2.45, 2.75) is 20.3 Å². The van der Waals surface area contributed by atoms with Crippen LogP contribution in [0.1, 0.15) is 20.3 Å². The predicted octanol–water partition coefficient (Wildman–Crippen LogP) is 1.10. The third kappa shape index (κ3) is 3.08. The number of carbonyl (C=O) groups excluding carboxylic acids is 1. The highest BCUT2D eigenvalue weighted by molar-refractivity contribution is 5.74. The number of nitrogens with zero attached hydrogens (tertiary/aromatic N) is 1. The molecule has 3 nitrogen and oxygen atoms in total. The maximum absolute atomic E-state index is 10.7. The van der Waals surface area contributed by atoms with Gasteiger partial charge in [-0.3, -0.25) is 4.79 Å². The van der Waals surface area contributed by atoms with Crippen LogP contribution in [0.3, 0.4) is 0 Å². The predicted molar refractivity (Wildman–Crippen MR) is 36.0 cm³/mol. The van der Waals surface area contributed by atoms with E-state index in [0.717, 1.165) is 6.42 Å². The normalized spacial score (nSPS) is 11.7. The molecule has 0 radical (unpaired) electrons. The second-order valence-electron chi connectivity index (χ2n) is 2.02. The van der Waals surface area contributed by atoms with Crippen LogP contribution in [0.2, 0.25) is 0 Å². The van der Waals surface area contributed by atoms with Gasteiger partial charge >= 0.3 is 5.97 Å². The highest BCUT2D eigenvalue weighted by atomic mass is 16.5. The van der Waals surface area contributed by atoms with E-state index in [4.69, 9.17) is 5.26 Å². The van der Waals surface area contributed by atoms with Gasteiger partial charge in [0.2, 0.25) is 0 Å². The van der Waals surface area contributed by atoms with Crippen LogP contribution in [0.5, 0.6) is 0 Å². The van der Waals surface area contributed by atoms with Crippen molar-refractivity contribution < 1.29 is 9.53 Å². The average Bonchev–Trinajstić information content (AvgIpc) is 1.98. The van der Waals surface area contributed by atoms with Gasteiger partial charge in [0.05, 0.1) is 12.7 Å². The lowest BCUT2D eigenvalue weighted by molar-refractivity contribution is -0.146. The van der Waals surface area contributed by atoms with Crippen LogP contribution in [0.25, 0.3) is 0 Å². The van der Waals surface area contributed by atoms with E-state index in [1.54, 1.807) is 6.07 Å². The Kier molecular flexibility index (Phi) is 4.30. The Morgan fingerprint density at radius 2 is 2.40 bits per heavy atom. The van der Waals surface area contributed by atoms with Gasteiger partial charge in [-0.15, -0.1) is 0 Å². The molecule has 0 saturated carbocycles. The summed E-state index contributed by atoms with van der Waals surface area (Å²) < 4.78 is 4.68. The van der Waals surface area contributed by atoms with E-state index in [2.05, 4.69) is 4.74 Å². The van der Waals surface area contributed by atoms with E-state index in [0.29, 0.717) is 6.61 Å². The number of hydrogen-bond acceptors (Lipinski definition) is 3. The molecule has 0 N–H and O–H groups in total. The molecule has 56 valence electrons. The summed E-state index contributed by atoms with van der Waals surface area (Å²) in [4.78, 5) is 10.7. The lowest BCUT2D eigenvalue weighted by Gasteiger charge is -2.02. The molecular formula is C7H11NO2. The molecule has 0 fully saturated rings. The van der Waals surface area contributed by atoms with Crippen molar-refractivity contribution in [2.24, 2.45) is 5.92 Å². The van der Waals surface area contributed by atoms with E-state index in [-0.39, 0.29) is 0 Å². The van der Waals surface area contributed by atoms with E-state index in [1.165, 1.54) is 6.92 Å². The topological polar surface area (TPSA) is 50.1 Å². The molecule has 0 aromatic rings. The van der Waals surface area contributed by atoms with Gasteiger partial charge in [0, 0.05) is 0 Å². The zero-order chi connectivity index (χ0) is 7.98. The van der Waals surface area contributed by atoms with Crippen molar-refractivity contribution >= 4 is 5.97 Å². The van der Waals surface area contributed by atoms with Gasteiger partial charge in [-0.05, 0) is 13.3 Å². The summed E-state index contributed by atoms with van der Waals surface area (Å²) in [6, 6.07) is 1.80. The average molecular weight is 141 g/mol. The molecule has 1 unspecified atom stereocenters. The maximum atomic E-state index is 10.7. The summed E-state index contributed by atoms with van der Waals surface area (Å²) in [5, 5.41) is 8.25. The summed E-state index contributed by atoms with van der Waals surface area (Å²) in [5.41, 5.74) is 0. The van der Waals surface area contributed by atoms with Gasteiger partial charge in [0.15, 0.2) is 0 Å². The number of hydrogen-bond donors (Lipinski definition) is 0. The zero-order valence-electron chi connectivity index (χ0n) is 6.26. The first-order chi connectivity index (χ1) is 4.72. The molecular weight excluding hydrogens is 130 g/mol. The molecule has 0 spiro atoms. The van der Waals surface area contributed by atoms with Crippen molar-refractivity contribution in [1.82, 2.24) is 0 Å². The number of esters is 1. The van der Waals surface area contributed by atoms with Gasteiger partial charge in [0.1, 0.15) is 5.92 Å². The van der Waals surface area contributed by atoms with Crippen molar-refractivity contribution in [3.63, 3.8) is 0 Å². The number of ether oxygens (including phenoxy) is 1. The molecule has 0 aromatic heterocycles. The highest BCUT2D eigenvalue weighted by Gasteiger charge is 2.11. The van der Waals surface area contributed by atoms with Gasteiger partial charge in [-0.2, -0.15) is 5.26 Å². The van der Waals surface area contributed by atoms with E-state index < -0.39 is 11.9 Å². The third-order valence-electron chi connectivity index (χ3n) is 0.996. The van der Waals surface area contributed by atoms with Crippen LogP contribution in [0.4, 0.5) is 0 Å². The Balaban J connectivity index is 3.54. The number of rotatable bonds is 3. The van der Waals surface area contributed by atoms with E-state index in [1.807, 2.05) is 6.92 Å². The first kappa shape index (κ1) is 8.96. The Morgan fingerprint density at radius 3 is 2.80 bits per heavy atom. The summed E-state index contributed by atoms with van der Waals surface area (Å²) in [7, 11) is 0. The monoisotopic (exact) mass is 141 g/mol. The van der Waals surface area contributed by atoms with Crippen LogP contribution in [0, 0.1) is 17.2 Å². The number of carbonyl (C=O) groups is 1. The number of nitriles is 1. The molecule has 0 heterocycles. The van der Waals surface area contributed by atoms with E-state index >= 15 is 0 Å². The minimum atomic E-state index is -0.633. The second kappa shape index (κ2) is 4.80. The molecule has 1 atom stereocenters. The van der Waals surface area contributed by atoms with Crippen molar-refractivity contribution in [1.29, 1.82) is 5.26 Å². The second-order valence-corrected chi connectivity index (χ2v) is 2.02. The zero-order valence-corrected chi connectivity index (χ0v) is 6.26. The first-order valence-electron chi connectivity index (χ1n) is 3.28. The lowest BCUT2D eigenvalue weighted by Crippen LogP contribution is -2.13. The van der Waals surface area contributed by atoms with Gasteiger partial charge < -0.3 is 4.74 Å². The van der Waals surface area contributed by atoms with Crippen LogP contribution in [-0.4, -0.2) is 12.6 Å².